The van der Waals surface area contributed by atoms with Gasteiger partial charge in [-0.05, 0) is 25.4 Å². The summed E-state index contributed by atoms with van der Waals surface area (Å²) in [5.74, 6) is 0. The first-order chi connectivity index (χ1) is 9.39. The number of hydrogen-bond acceptors (Lipinski definition) is 5. The molecule has 1 N–H and O–H groups in total. The molecule has 1 aliphatic rings. The van der Waals surface area contributed by atoms with Gasteiger partial charge >= 0.3 is 5.38 Å². The van der Waals surface area contributed by atoms with Gasteiger partial charge in [0.2, 0.25) is 0 Å². The average molecular weight is 343 g/mol. The number of halogens is 3. The molecule has 0 bridgehead atoms. The number of sulfonamides is 1. The van der Waals surface area contributed by atoms with Gasteiger partial charge in [-0.15, -0.1) is 4.41 Å². The fourth-order valence-corrected chi connectivity index (χ4v) is 3.99. The zero-order valence-electron chi connectivity index (χ0n) is 11.4. The van der Waals surface area contributed by atoms with Crippen LogP contribution in [0.1, 0.15) is 19.0 Å². The van der Waals surface area contributed by atoms with E-state index in [1.54, 1.807) is 0 Å². The summed E-state index contributed by atoms with van der Waals surface area (Å²) in [5, 5.41) is 13.2. The van der Waals surface area contributed by atoms with Crippen molar-refractivity contribution in [3.05, 3.63) is 11.9 Å². The van der Waals surface area contributed by atoms with Gasteiger partial charge in [-0.2, -0.15) is 27.4 Å². The monoisotopic (exact) mass is 342 g/mol. The molecule has 11 heteroatoms. The van der Waals surface area contributed by atoms with E-state index in [0.717, 1.165) is 6.20 Å². The van der Waals surface area contributed by atoms with E-state index in [1.165, 1.54) is 25.6 Å². The zero-order valence-corrected chi connectivity index (χ0v) is 13.0. The van der Waals surface area contributed by atoms with Crippen molar-refractivity contribution in [3.8, 4) is 0 Å². The molecule has 2 rings (SSSR count). The highest BCUT2D eigenvalue weighted by molar-refractivity contribution is 7.89. The van der Waals surface area contributed by atoms with Crippen molar-refractivity contribution >= 4 is 27.3 Å². The van der Waals surface area contributed by atoms with Gasteiger partial charge in [0.25, 0.3) is 15.7 Å². The fraction of sp³-hybridized carbons (Fsp3) is 0.600. The van der Waals surface area contributed by atoms with Crippen LogP contribution in [0, 0.1) is 6.92 Å². The van der Waals surface area contributed by atoms with Crippen LogP contribution in [0.25, 0.3) is 0 Å². The molecule has 118 valence electrons. The van der Waals surface area contributed by atoms with Crippen molar-refractivity contribution in [2.75, 3.05) is 0 Å². The Kier molecular flexibility index (Phi) is 3.54. The second kappa shape index (κ2) is 4.62. The molecule has 1 atom stereocenters. The Morgan fingerprint density at radius 1 is 1.48 bits per heavy atom. The van der Waals surface area contributed by atoms with E-state index in [2.05, 4.69) is 10.2 Å². The van der Waals surface area contributed by atoms with Crippen molar-refractivity contribution in [2.24, 2.45) is 12.1 Å². The second-order valence-corrected chi connectivity index (χ2v) is 7.04. The summed E-state index contributed by atoms with van der Waals surface area (Å²) in [7, 11) is -3.05. The highest BCUT2D eigenvalue weighted by Crippen LogP contribution is 2.44. The second-order valence-electron chi connectivity index (χ2n) is 4.83. The molecule has 0 saturated heterocycles. The van der Waals surface area contributed by atoms with Gasteiger partial charge in [-0.3, -0.25) is 4.68 Å². The van der Waals surface area contributed by atoms with Gasteiger partial charge in [-0.25, -0.2) is 0 Å². The number of alkyl halides is 3. The van der Waals surface area contributed by atoms with Crippen LogP contribution in [-0.4, -0.2) is 44.5 Å². The molecule has 7 nitrogen and oxygen atoms in total. The Bertz CT molecular complexity index is 712. The Morgan fingerprint density at radius 3 is 2.48 bits per heavy atom. The summed E-state index contributed by atoms with van der Waals surface area (Å²) < 4.78 is 53.2. The van der Waals surface area contributed by atoms with E-state index < -0.39 is 27.6 Å². The quantitative estimate of drug-likeness (QED) is 0.831. The molecule has 1 aliphatic heterocycles. The van der Waals surface area contributed by atoms with Crippen molar-refractivity contribution in [1.82, 2.24) is 14.2 Å². The van der Waals surface area contributed by atoms with Gasteiger partial charge in [-0.1, -0.05) is 0 Å². The summed E-state index contributed by atoms with van der Waals surface area (Å²) in [5.41, 5.74) is -3.04. The summed E-state index contributed by atoms with van der Waals surface area (Å²) in [6.07, 6.45) is 0.447. The Labute approximate surface area is 124 Å². The third-order valence-corrected chi connectivity index (χ3v) is 5.11. The smallest absolute Gasteiger partial charge is 0.363 e. The Hall–Kier alpha value is -1.26. The first-order valence-corrected chi connectivity index (χ1v) is 7.60. The van der Waals surface area contributed by atoms with Gasteiger partial charge in [0.1, 0.15) is 4.90 Å². The number of hydrazone groups is 1. The summed E-state index contributed by atoms with van der Waals surface area (Å²) in [6, 6.07) is 0. The minimum Gasteiger partial charge on any atom is -0.363 e. The van der Waals surface area contributed by atoms with Crippen LogP contribution in [-0.2, 0) is 17.1 Å². The SMILES string of the molecule is CC1=NN(S(=O)(=O)c2cn(C)nc2C)[C@@](O)(C(F)(F)Cl)C1. The first kappa shape index (κ1) is 16.1. The lowest BCUT2D eigenvalue weighted by Crippen LogP contribution is -2.56. The van der Waals surface area contributed by atoms with E-state index >= 15 is 0 Å². The maximum absolute atomic E-state index is 13.5. The molecule has 0 fully saturated rings. The van der Waals surface area contributed by atoms with Gasteiger partial charge in [0.15, 0.2) is 0 Å². The molecule has 21 heavy (non-hydrogen) atoms. The number of aliphatic hydroxyl groups is 1. The number of rotatable bonds is 3. The van der Waals surface area contributed by atoms with Crippen LogP contribution >= 0.6 is 11.6 Å². The van der Waals surface area contributed by atoms with E-state index in [0.29, 0.717) is 0 Å². The maximum Gasteiger partial charge on any atom is 0.371 e. The molecule has 1 aromatic heterocycles. The lowest BCUT2D eigenvalue weighted by atomic mass is 10.1. The van der Waals surface area contributed by atoms with Crippen molar-refractivity contribution in [2.45, 2.75) is 36.3 Å². The summed E-state index contributed by atoms with van der Waals surface area (Å²) in [6.45, 7) is 2.72. The largest absolute Gasteiger partial charge is 0.371 e. The predicted molar refractivity (Wildman–Crippen MR) is 70.4 cm³/mol. The minimum absolute atomic E-state index is 0.0166. The van der Waals surface area contributed by atoms with E-state index in [4.69, 9.17) is 11.6 Å². The van der Waals surface area contributed by atoms with Gasteiger partial charge in [0, 0.05) is 25.4 Å². The summed E-state index contributed by atoms with van der Waals surface area (Å²) in [4.78, 5) is -0.331. The number of aryl methyl sites for hydroxylation is 2. The minimum atomic E-state index is -4.52. The van der Waals surface area contributed by atoms with Gasteiger partial charge in [0.05, 0.1) is 5.69 Å². The lowest BCUT2D eigenvalue weighted by Gasteiger charge is -2.34. The third kappa shape index (κ3) is 2.40. The fourth-order valence-electron chi connectivity index (χ4n) is 2.08. The molecule has 0 radical (unpaired) electrons. The molecule has 0 aromatic carbocycles. The van der Waals surface area contributed by atoms with Crippen molar-refractivity contribution in [1.29, 1.82) is 0 Å². The summed E-state index contributed by atoms with van der Waals surface area (Å²) >= 11 is 4.90. The van der Waals surface area contributed by atoms with E-state index in [-0.39, 0.29) is 20.7 Å². The topological polar surface area (TPSA) is 87.8 Å². The number of hydrogen-bond donors (Lipinski definition) is 1. The van der Waals surface area contributed by atoms with E-state index in [1.807, 2.05) is 0 Å². The van der Waals surface area contributed by atoms with Crippen LogP contribution < -0.4 is 0 Å². The first-order valence-electron chi connectivity index (χ1n) is 5.78. The predicted octanol–water partition coefficient (Wildman–Crippen LogP) is 1.02. The number of nitrogens with zero attached hydrogens (tertiary/aromatic N) is 4. The van der Waals surface area contributed by atoms with Crippen LogP contribution in [0.5, 0.6) is 0 Å². The third-order valence-electron chi connectivity index (χ3n) is 3.01. The zero-order chi connectivity index (χ0) is 16.2. The van der Waals surface area contributed by atoms with E-state index in [9.17, 15) is 22.3 Å². The highest BCUT2D eigenvalue weighted by Gasteiger charge is 2.62. The highest BCUT2D eigenvalue weighted by atomic mass is 35.5. The number of aromatic nitrogens is 2. The molecule has 2 heterocycles. The molecule has 0 spiro atoms. The molecule has 0 unspecified atom stereocenters. The van der Waals surface area contributed by atoms with Gasteiger partial charge < -0.3 is 5.11 Å². The van der Waals surface area contributed by atoms with Crippen molar-refractivity contribution < 1.29 is 22.3 Å². The van der Waals surface area contributed by atoms with Crippen LogP contribution in [0.15, 0.2) is 16.2 Å². The molecule has 0 saturated carbocycles. The average Bonchev–Trinajstić information content (AvgIpc) is 2.79. The molecule has 0 aliphatic carbocycles. The molecule has 0 amide bonds. The van der Waals surface area contributed by atoms with Crippen LogP contribution in [0.4, 0.5) is 8.78 Å². The normalized spacial score (nSPS) is 23.6. The van der Waals surface area contributed by atoms with Crippen molar-refractivity contribution in [3.63, 3.8) is 0 Å². The Morgan fingerprint density at radius 2 is 2.05 bits per heavy atom. The lowest BCUT2D eigenvalue weighted by molar-refractivity contribution is -0.175. The molecule has 1 aromatic rings. The molecular formula is C10H13ClF2N4O3S. The molecular weight excluding hydrogens is 330 g/mol. The van der Waals surface area contributed by atoms with Crippen LogP contribution in [0.2, 0.25) is 0 Å². The van der Waals surface area contributed by atoms with Crippen LogP contribution in [0.3, 0.4) is 0 Å². The maximum atomic E-state index is 13.5. The Balaban J connectivity index is 2.60. The standard InChI is InChI=1S/C10H13ClF2N4O3S/c1-6-4-9(18,10(11,12)13)17(14-6)21(19,20)8-5-16(3)15-7(8)2/h5,18H,4H2,1-3H3/t9-/m0/s1.